The van der Waals surface area contributed by atoms with Crippen molar-refractivity contribution < 1.29 is 26.8 Å². The Labute approximate surface area is 125 Å². The number of rotatable bonds is 6. The van der Waals surface area contributed by atoms with Gasteiger partial charge in [0.05, 0.1) is 24.9 Å². The van der Waals surface area contributed by atoms with Crippen LogP contribution in [-0.2, 0) is 25.0 Å². The number of hydrogen-bond acceptors (Lipinski definition) is 6. The third kappa shape index (κ3) is 3.66. The molecule has 0 fully saturated rings. The van der Waals surface area contributed by atoms with Gasteiger partial charge in [0, 0.05) is 12.7 Å². The molecule has 0 aromatic heterocycles. The minimum absolute atomic E-state index is 0.269. The van der Waals surface area contributed by atoms with Crippen LogP contribution in [0.3, 0.4) is 0 Å². The van der Waals surface area contributed by atoms with Crippen LogP contribution in [0, 0.1) is 0 Å². The minimum atomic E-state index is -3.55. The van der Waals surface area contributed by atoms with E-state index >= 15 is 0 Å². The van der Waals surface area contributed by atoms with E-state index in [2.05, 4.69) is 0 Å². The summed E-state index contributed by atoms with van der Waals surface area (Å²) in [5.74, 6) is 0.939. The van der Waals surface area contributed by atoms with E-state index in [0.717, 1.165) is 11.8 Å². The molecule has 0 spiro atoms. The van der Waals surface area contributed by atoms with Crippen LogP contribution in [0.25, 0.3) is 0 Å². The highest BCUT2D eigenvalue weighted by Crippen LogP contribution is 2.44. The van der Waals surface area contributed by atoms with Crippen molar-refractivity contribution in [2.45, 2.75) is 25.6 Å². The Bertz CT molecular complexity index is 608. The van der Waals surface area contributed by atoms with E-state index in [1.54, 1.807) is 25.3 Å². The van der Waals surface area contributed by atoms with Crippen molar-refractivity contribution in [2.24, 2.45) is 0 Å². The van der Waals surface area contributed by atoms with Crippen LogP contribution >= 0.6 is 0 Å². The molecule has 1 aromatic carbocycles. The van der Waals surface area contributed by atoms with E-state index in [-0.39, 0.29) is 5.75 Å². The zero-order valence-electron chi connectivity index (χ0n) is 12.6. The van der Waals surface area contributed by atoms with Crippen LogP contribution in [0.15, 0.2) is 18.2 Å². The fourth-order valence-electron chi connectivity index (χ4n) is 2.21. The molecule has 7 heteroatoms. The molecule has 1 unspecified atom stereocenters. The first-order chi connectivity index (χ1) is 9.74. The zero-order valence-corrected chi connectivity index (χ0v) is 13.4. The van der Waals surface area contributed by atoms with Crippen molar-refractivity contribution in [3.8, 4) is 11.5 Å². The molecule has 2 rings (SSSR count). The number of ether oxygens (including phenoxy) is 3. The van der Waals surface area contributed by atoms with Gasteiger partial charge in [-0.15, -0.1) is 0 Å². The lowest BCUT2D eigenvalue weighted by molar-refractivity contribution is -0.112. The van der Waals surface area contributed by atoms with Crippen LogP contribution in [0.2, 0.25) is 0 Å². The second-order valence-corrected chi connectivity index (χ2v) is 7.06. The van der Waals surface area contributed by atoms with Crippen LogP contribution in [0.1, 0.15) is 19.4 Å². The summed E-state index contributed by atoms with van der Waals surface area (Å²) in [7, 11) is -1.95. The van der Waals surface area contributed by atoms with Crippen LogP contribution in [0.4, 0.5) is 0 Å². The van der Waals surface area contributed by atoms with E-state index in [0.29, 0.717) is 19.0 Å². The SMILES string of the molecule is COCCOC1Oc2ccc(OS(C)(=O)=O)cc2C1(C)C. The van der Waals surface area contributed by atoms with Crippen molar-refractivity contribution in [1.29, 1.82) is 0 Å². The predicted octanol–water partition coefficient (Wildman–Crippen LogP) is 1.68. The van der Waals surface area contributed by atoms with Crippen LogP contribution in [-0.4, -0.2) is 41.3 Å². The summed E-state index contributed by atoms with van der Waals surface area (Å²) >= 11 is 0. The van der Waals surface area contributed by atoms with Gasteiger partial charge in [-0.1, -0.05) is 0 Å². The quantitative estimate of drug-likeness (QED) is 0.587. The first-order valence-corrected chi connectivity index (χ1v) is 8.37. The van der Waals surface area contributed by atoms with Gasteiger partial charge in [0.25, 0.3) is 0 Å². The van der Waals surface area contributed by atoms with E-state index in [1.807, 2.05) is 13.8 Å². The highest BCUT2D eigenvalue weighted by molar-refractivity contribution is 7.86. The summed E-state index contributed by atoms with van der Waals surface area (Å²) < 4.78 is 43.7. The first-order valence-electron chi connectivity index (χ1n) is 6.55. The largest absolute Gasteiger partial charge is 0.464 e. The van der Waals surface area contributed by atoms with E-state index in [4.69, 9.17) is 18.4 Å². The van der Waals surface area contributed by atoms with Gasteiger partial charge in [-0.3, -0.25) is 0 Å². The Morgan fingerprint density at radius 1 is 1.29 bits per heavy atom. The monoisotopic (exact) mass is 316 g/mol. The molecule has 0 bridgehead atoms. The van der Waals surface area contributed by atoms with Crippen LogP contribution < -0.4 is 8.92 Å². The predicted molar refractivity (Wildman–Crippen MR) is 77.2 cm³/mol. The van der Waals surface area contributed by atoms with E-state index in [1.165, 1.54) is 0 Å². The minimum Gasteiger partial charge on any atom is -0.464 e. The van der Waals surface area contributed by atoms with Gasteiger partial charge in [-0.25, -0.2) is 0 Å². The fraction of sp³-hybridized carbons (Fsp3) is 0.571. The Morgan fingerprint density at radius 3 is 2.62 bits per heavy atom. The highest BCUT2D eigenvalue weighted by atomic mass is 32.2. The fourth-order valence-corrected chi connectivity index (χ4v) is 2.67. The van der Waals surface area contributed by atoms with Crippen molar-refractivity contribution in [2.75, 3.05) is 26.6 Å². The topological polar surface area (TPSA) is 71.1 Å². The standard InChI is InChI=1S/C14H20O6S/c1-14(2)11-9-10(20-21(4,15)16)5-6-12(11)19-13(14)18-8-7-17-3/h5-6,9,13H,7-8H2,1-4H3. The molecule has 0 N–H and O–H groups in total. The zero-order chi connectivity index (χ0) is 15.7. The number of fused-ring (bicyclic) bond motifs is 1. The van der Waals surface area contributed by atoms with Gasteiger partial charge in [-0.2, -0.15) is 8.42 Å². The molecule has 1 aromatic rings. The van der Waals surface area contributed by atoms with Crippen molar-refractivity contribution >= 4 is 10.1 Å². The molecule has 0 saturated heterocycles. The Balaban J connectivity index is 2.21. The molecule has 0 saturated carbocycles. The third-order valence-electron chi connectivity index (χ3n) is 3.27. The molecule has 1 aliphatic heterocycles. The molecular weight excluding hydrogens is 296 g/mol. The summed E-state index contributed by atoms with van der Waals surface area (Å²) in [6.45, 7) is 4.85. The molecule has 0 amide bonds. The molecule has 1 heterocycles. The lowest BCUT2D eigenvalue weighted by atomic mass is 9.85. The van der Waals surface area contributed by atoms with Gasteiger partial charge in [-0.05, 0) is 32.0 Å². The molecule has 118 valence electrons. The summed E-state index contributed by atoms with van der Waals surface area (Å²) in [5.41, 5.74) is 0.436. The van der Waals surface area contributed by atoms with E-state index in [9.17, 15) is 8.42 Å². The Morgan fingerprint density at radius 2 is 2.00 bits per heavy atom. The van der Waals surface area contributed by atoms with Crippen molar-refractivity contribution in [3.63, 3.8) is 0 Å². The van der Waals surface area contributed by atoms with Crippen LogP contribution in [0.5, 0.6) is 11.5 Å². The Hall–Kier alpha value is -1.31. The summed E-state index contributed by atoms with van der Waals surface area (Å²) in [6.07, 6.45) is 0.564. The summed E-state index contributed by atoms with van der Waals surface area (Å²) in [5, 5.41) is 0. The third-order valence-corrected chi connectivity index (χ3v) is 3.77. The maximum atomic E-state index is 11.2. The average Bonchev–Trinajstić information content (AvgIpc) is 2.60. The average molecular weight is 316 g/mol. The molecule has 1 atom stereocenters. The molecule has 1 aliphatic rings. The van der Waals surface area contributed by atoms with Gasteiger partial charge in [0.2, 0.25) is 6.29 Å². The number of benzene rings is 1. The second-order valence-electron chi connectivity index (χ2n) is 5.48. The second kappa shape index (κ2) is 5.82. The first kappa shape index (κ1) is 16.1. The molecule has 6 nitrogen and oxygen atoms in total. The summed E-state index contributed by atoms with van der Waals surface area (Å²) in [6, 6.07) is 4.93. The molecule has 0 aliphatic carbocycles. The summed E-state index contributed by atoms with van der Waals surface area (Å²) in [4.78, 5) is 0. The maximum absolute atomic E-state index is 11.2. The smallest absolute Gasteiger partial charge is 0.306 e. The lowest BCUT2D eigenvalue weighted by Gasteiger charge is -2.25. The molecule has 21 heavy (non-hydrogen) atoms. The van der Waals surface area contributed by atoms with Gasteiger partial charge in [0.1, 0.15) is 11.5 Å². The van der Waals surface area contributed by atoms with Gasteiger partial charge >= 0.3 is 10.1 Å². The van der Waals surface area contributed by atoms with Gasteiger partial charge < -0.3 is 18.4 Å². The van der Waals surface area contributed by atoms with Gasteiger partial charge in [0.15, 0.2) is 0 Å². The maximum Gasteiger partial charge on any atom is 0.306 e. The highest BCUT2D eigenvalue weighted by Gasteiger charge is 2.42. The van der Waals surface area contributed by atoms with Crippen molar-refractivity contribution in [1.82, 2.24) is 0 Å². The van der Waals surface area contributed by atoms with Crippen molar-refractivity contribution in [3.05, 3.63) is 23.8 Å². The van der Waals surface area contributed by atoms with E-state index < -0.39 is 21.8 Å². The number of hydrogen-bond donors (Lipinski definition) is 0. The Kier molecular flexibility index (Phi) is 4.46. The lowest BCUT2D eigenvalue weighted by Crippen LogP contribution is -2.35. The molecular formula is C14H20O6S. The molecule has 0 radical (unpaired) electrons. The normalized spacial score (nSPS) is 19.9. The number of methoxy groups -OCH3 is 1.